The molecule has 19 heavy (non-hydrogen) atoms. The topological polar surface area (TPSA) is 32.5 Å². The van der Waals surface area contributed by atoms with Crippen molar-refractivity contribution in [1.82, 2.24) is 9.80 Å². The van der Waals surface area contributed by atoms with Crippen molar-refractivity contribution in [1.29, 1.82) is 0 Å². The quantitative estimate of drug-likeness (QED) is 0.809. The second kappa shape index (κ2) is 6.79. The van der Waals surface area contributed by atoms with Gasteiger partial charge in [-0.05, 0) is 45.5 Å². The lowest BCUT2D eigenvalue weighted by molar-refractivity contribution is 0.0319. The highest BCUT2D eigenvalue weighted by Crippen LogP contribution is 2.39. The monoisotopic (exact) mass is 285 g/mol. The van der Waals surface area contributed by atoms with Crippen LogP contribution in [0, 0.1) is 0 Å². The van der Waals surface area contributed by atoms with Gasteiger partial charge in [0, 0.05) is 36.5 Å². The van der Waals surface area contributed by atoms with Crippen molar-refractivity contribution in [3.63, 3.8) is 0 Å². The van der Waals surface area contributed by atoms with Gasteiger partial charge in [0.25, 0.3) is 0 Å². The largest absolute Gasteiger partial charge is 0.329 e. The zero-order chi connectivity index (χ0) is 13.9. The molecule has 2 fully saturated rings. The van der Waals surface area contributed by atoms with Crippen LogP contribution in [0.1, 0.15) is 39.0 Å². The fourth-order valence-corrected chi connectivity index (χ4v) is 5.07. The average Bonchev–Trinajstić information content (AvgIpc) is 2.84. The van der Waals surface area contributed by atoms with Crippen LogP contribution in [0.25, 0.3) is 0 Å². The van der Waals surface area contributed by atoms with Crippen LogP contribution in [0.15, 0.2) is 0 Å². The number of nitrogens with two attached hydrogens (primary N) is 1. The molecule has 0 aromatic heterocycles. The molecule has 3 nitrogen and oxygen atoms in total. The zero-order valence-electron chi connectivity index (χ0n) is 12.9. The molecule has 0 radical (unpaired) electrons. The number of nitrogens with zero attached hydrogens (tertiary/aromatic N) is 2. The van der Waals surface area contributed by atoms with E-state index in [4.69, 9.17) is 5.73 Å². The van der Waals surface area contributed by atoms with Crippen molar-refractivity contribution in [2.24, 2.45) is 5.73 Å². The van der Waals surface area contributed by atoms with Crippen molar-refractivity contribution in [2.75, 3.05) is 38.7 Å². The van der Waals surface area contributed by atoms with Gasteiger partial charge in [-0.3, -0.25) is 9.80 Å². The van der Waals surface area contributed by atoms with Gasteiger partial charge in [-0.25, -0.2) is 0 Å². The highest BCUT2D eigenvalue weighted by molar-refractivity contribution is 7.98. The van der Waals surface area contributed by atoms with E-state index in [0.717, 1.165) is 6.54 Å². The van der Waals surface area contributed by atoms with Crippen molar-refractivity contribution in [2.45, 2.75) is 56.7 Å². The molecule has 2 N–H and O–H groups in total. The molecule has 2 saturated heterocycles. The van der Waals surface area contributed by atoms with Crippen LogP contribution in [-0.4, -0.2) is 66.1 Å². The minimum atomic E-state index is 0.233. The summed E-state index contributed by atoms with van der Waals surface area (Å²) in [6, 6.07) is 1.37. The Balaban J connectivity index is 2.16. The summed E-state index contributed by atoms with van der Waals surface area (Å²) in [4.78, 5) is 5.36. The van der Waals surface area contributed by atoms with Crippen LogP contribution in [0.5, 0.6) is 0 Å². The van der Waals surface area contributed by atoms with Gasteiger partial charge in [0.1, 0.15) is 0 Å². The van der Waals surface area contributed by atoms with Crippen LogP contribution in [0.3, 0.4) is 0 Å². The number of hydrogen-bond acceptors (Lipinski definition) is 4. The summed E-state index contributed by atoms with van der Waals surface area (Å²) in [5, 5.41) is 0. The van der Waals surface area contributed by atoms with Gasteiger partial charge < -0.3 is 5.73 Å². The van der Waals surface area contributed by atoms with Gasteiger partial charge >= 0.3 is 0 Å². The number of thioether (sulfide) groups is 1. The minimum Gasteiger partial charge on any atom is -0.329 e. The molecular weight excluding hydrogens is 254 g/mol. The van der Waals surface area contributed by atoms with Crippen LogP contribution in [0.4, 0.5) is 0 Å². The molecule has 2 rings (SSSR count). The standard InChI is InChI=1S/C15H31N3S/c1-4-13(11-19-3)17(2)15(12-16)8-10-18-9-6-5-7-14(15)18/h13-14H,4-12,16H2,1-3H3. The highest BCUT2D eigenvalue weighted by Gasteiger charge is 2.50. The van der Waals surface area contributed by atoms with Gasteiger partial charge in [-0.2, -0.15) is 11.8 Å². The van der Waals surface area contributed by atoms with E-state index in [1.54, 1.807) is 0 Å². The fraction of sp³-hybridized carbons (Fsp3) is 1.00. The second-order valence-electron chi connectivity index (χ2n) is 6.23. The normalized spacial score (nSPS) is 33.6. The van der Waals surface area contributed by atoms with E-state index in [1.807, 2.05) is 11.8 Å². The van der Waals surface area contributed by atoms with E-state index in [9.17, 15) is 0 Å². The van der Waals surface area contributed by atoms with Gasteiger partial charge in [-0.1, -0.05) is 13.3 Å². The third-order valence-electron chi connectivity index (χ3n) is 5.50. The molecule has 0 aromatic carbocycles. The van der Waals surface area contributed by atoms with Crippen LogP contribution in [-0.2, 0) is 0 Å². The molecule has 2 heterocycles. The van der Waals surface area contributed by atoms with Crippen molar-refractivity contribution >= 4 is 11.8 Å². The Bertz CT molecular complexity index is 287. The van der Waals surface area contributed by atoms with E-state index < -0.39 is 0 Å². The molecule has 0 amide bonds. The van der Waals surface area contributed by atoms with Crippen LogP contribution >= 0.6 is 11.8 Å². The molecule has 0 spiro atoms. The molecule has 2 aliphatic heterocycles. The lowest BCUT2D eigenvalue weighted by Gasteiger charge is -2.48. The lowest BCUT2D eigenvalue weighted by Crippen LogP contribution is -2.63. The summed E-state index contributed by atoms with van der Waals surface area (Å²) in [6.45, 7) is 5.67. The summed E-state index contributed by atoms with van der Waals surface area (Å²) in [5.74, 6) is 1.22. The number of fused-ring (bicyclic) bond motifs is 1. The number of likely N-dealkylation sites (N-methyl/N-ethyl adjacent to an activating group) is 1. The molecule has 2 aliphatic rings. The van der Waals surface area contributed by atoms with Gasteiger partial charge in [-0.15, -0.1) is 0 Å². The molecule has 0 aromatic rings. The van der Waals surface area contributed by atoms with Crippen molar-refractivity contribution in [3.8, 4) is 0 Å². The predicted molar refractivity (Wildman–Crippen MR) is 85.8 cm³/mol. The Kier molecular flexibility index (Phi) is 5.58. The Labute approximate surface area is 123 Å². The minimum absolute atomic E-state index is 0.233. The summed E-state index contributed by atoms with van der Waals surface area (Å²) in [5.41, 5.74) is 6.52. The first-order valence-corrected chi connectivity index (χ1v) is 9.25. The Morgan fingerprint density at radius 3 is 2.84 bits per heavy atom. The maximum absolute atomic E-state index is 6.29. The molecule has 112 valence electrons. The predicted octanol–water partition coefficient (Wildman–Crippen LogP) is 2.02. The van der Waals surface area contributed by atoms with E-state index in [-0.39, 0.29) is 5.54 Å². The smallest absolute Gasteiger partial charge is 0.0499 e. The third-order valence-corrected chi connectivity index (χ3v) is 6.22. The van der Waals surface area contributed by atoms with Crippen molar-refractivity contribution < 1.29 is 0 Å². The van der Waals surface area contributed by atoms with Gasteiger partial charge in [0.2, 0.25) is 0 Å². The summed E-state index contributed by atoms with van der Waals surface area (Å²) in [6.07, 6.45) is 8.81. The Hall–Kier alpha value is 0.230. The maximum Gasteiger partial charge on any atom is 0.0499 e. The fourth-order valence-electron chi connectivity index (χ4n) is 4.22. The zero-order valence-corrected chi connectivity index (χ0v) is 13.7. The average molecular weight is 286 g/mol. The molecule has 3 atom stereocenters. The molecule has 4 heteroatoms. The summed E-state index contributed by atoms with van der Waals surface area (Å²) in [7, 11) is 2.33. The molecule has 3 unspecified atom stereocenters. The Morgan fingerprint density at radius 2 is 2.21 bits per heavy atom. The molecule has 0 bridgehead atoms. The second-order valence-corrected chi connectivity index (χ2v) is 7.14. The SMILES string of the molecule is CCC(CSC)N(C)C1(CN)CCN2CCCCC21. The third kappa shape index (κ3) is 2.82. The van der Waals surface area contributed by atoms with Gasteiger partial charge in [0.15, 0.2) is 0 Å². The summed E-state index contributed by atoms with van der Waals surface area (Å²) < 4.78 is 0. The lowest BCUT2D eigenvalue weighted by atomic mass is 9.83. The number of rotatable bonds is 6. The van der Waals surface area contributed by atoms with E-state index in [1.165, 1.54) is 50.9 Å². The van der Waals surface area contributed by atoms with E-state index in [0.29, 0.717) is 12.1 Å². The Morgan fingerprint density at radius 1 is 1.42 bits per heavy atom. The van der Waals surface area contributed by atoms with Crippen LogP contribution in [0.2, 0.25) is 0 Å². The van der Waals surface area contributed by atoms with Gasteiger partial charge in [0.05, 0.1) is 0 Å². The van der Waals surface area contributed by atoms with Crippen LogP contribution < -0.4 is 5.73 Å². The first kappa shape index (κ1) is 15.6. The molecule has 0 saturated carbocycles. The first-order chi connectivity index (χ1) is 9.19. The maximum atomic E-state index is 6.29. The first-order valence-electron chi connectivity index (χ1n) is 7.85. The van der Waals surface area contributed by atoms with E-state index in [2.05, 4.69) is 30.0 Å². The molecule has 0 aliphatic carbocycles. The number of piperidine rings is 1. The molecular formula is C15H31N3S. The summed E-state index contributed by atoms with van der Waals surface area (Å²) >= 11 is 1.96. The van der Waals surface area contributed by atoms with E-state index >= 15 is 0 Å². The number of hydrogen-bond donors (Lipinski definition) is 1. The highest BCUT2D eigenvalue weighted by atomic mass is 32.2. The van der Waals surface area contributed by atoms with Crippen molar-refractivity contribution in [3.05, 3.63) is 0 Å².